The summed E-state index contributed by atoms with van der Waals surface area (Å²) in [5.74, 6) is 1.52. The molecule has 0 aliphatic carbocycles. The number of ether oxygens (including phenoxy) is 1. The molecule has 0 aliphatic heterocycles. The topological polar surface area (TPSA) is 22.1 Å². The zero-order valence-electron chi connectivity index (χ0n) is 13.7. The first kappa shape index (κ1) is 15.9. The highest BCUT2D eigenvalue weighted by Gasteiger charge is 2.13. The molecule has 1 aromatic heterocycles. The summed E-state index contributed by atoms with van der Waals surface area (Å²) in [5.41, 5.74) is 4.05. The van der Waals surface area contributed by atoms with Crippen LogP contribution < -0.4 is 4.74 Å². The molecule has 1 heterocycles. The van der Waals surface area contributed by atoms with Crippen LogP contribution in [-0.4, -0.2) is 4.98 Å². The van der Waals surface area contributed by atoms with Crippen LogP contribution in [0.25, 0.3) is 22.2 Å². The molecule has 0 saturated carbocycles. The number of aromatic nitrogens is 1. The number of aryl methyl sites for hydroxylation is 1. The number of nitrogens with zero attached hydrogens (tertiary/aromatic N) is 1. The quantitative estimate of drug-likeness (QED) is 0.385. The highest BCUT2D eigenvalue weighted by molar-refractivity contribution is 9.10. The lowest BCUT2D eigenvalue weighted by molar-refractivity contribution is 0.480. The summed E-state index contributed by atoms with van der Waals surface area (Å²) in [6.07, 6.45) is 0. The third-order valence-corrected chi connectivity index (χ3v) is 4.69. The molecule has 3 heteroatoms. The van der Waals surface area contributed by atoms with Crippen molar-refractivity contribution in [3.05, 3.63) is 88.9 Å². The van der Waals surface area contributed by atoms with Gasteiger partial charge in [-0.1, -0.05) is 54.1 Å². The van der Waals surface area contributed by atoms with E-state index in [0.717, 1.165) is 38.1 Å². The third kappa shape index (κ3) is 3.28. The molecule has 0 atom stereocenters. The van der Waals surface area contributed by atoms with E-state index in [-0.39, 0.29) is 0 Å². The summed E-state index contributed by atoms with van der Waals surface area (Å²) in [4.78, 5) is 4.87. The fourth-order valence-electron chi connectivity index (χ4n) is 2.82. The summed E-state index contributed by atoms with van der Waals surface area (Å²) in [6, 6.07) is 26.3. The Morgan fingerprint density at radius 2 is 1.60 bits per heavy atom. The maximum absolute atomic E-state index is 6.23. The van der Waals surface area contributed by atoms with E-state index in [1.54, 1.807) is 0 Å². The van der Waals surface area contributed by atoms with Crippen LogP contribution in [0.5, 0.6) is 11.5 Å². The highest BCUT2D eigenvalue weighted by Crippen LogP contribution is 2.37. The van der Waals surface area contributed by atoms with Crippen LogP contribution in [0, 0.1) is 6.92 Å². The van der Waals surface area contributed by atoms with Crippen LogP contribution in [0.3, 0.4) is 0 Å². The van der Waals surface area contributed by atoms with Crippen molar-refractivity contribution in [1.82, 2.24) is 4.98 Å². The van der Waals surface area contributed by atoms with Crippen LogP contribution in [0.15, 0.2) is 83.3 Å². The molecule has 0 spiro atoms. The van der Waals surface area contributed by atoms with Gasteiger partial charge in [-0.2, -0.15) is 0 Å². The predicted molar refractivity (Wildman–Crippen MR) is 106 cm³/mol. The van der Waals surface area contributed by atoms with Crippen LogP contribution in [0.2, 0.25) is 0 Å². The van der Waals surface area contributed by atoms with Gasteiger partial charge < -0.3 is 4.74 Å². The minimum atomic E-state index is 0.746. The molecular weight excluding hydrogens is 374 g/mol. The van der Waals surface area contributed by atoms with E-state index in [1.165, 1.54) is 5.56 Å². The Morgan fingerprint density at radius 1 is 0.800 bits per heavy atom. The number of para-hydroxylation sites is 2. The first-order valence-corrected chi connectivity index (χ1v) is 8.89. The molecule has 4 aromatic rings. The van der Waals surface area contributed by atoms with Crippen molar-refractivity contribution in [3.63, 3.8) is 0 Å². The predicted octanol–water partition coefficient (Wildman–Crippen LogP) is 6.77. The molecule has 25 heavy (non-hydrogen) atoms. The smallest absolute Gasteiger partial charge is 0.154 e. The van der Waals surface area contributed by atoms with E-state index in [2.05, 4.69) is 53.2 Å². The maximum Gasteiger partial charge on any atom is 0.154 e. The van der Waals surface area contributed by atoms with Crippen molar-refractivity contribution in [2.24, 2.45) is 0 Å². The van der Waals surface area contributed by atoms with Gasteiger partial charge in [0.1, 0.15) is 11.4 Å². The number of pyridine rings is 1. The lowest BCUT2D eigenvalue weighted by Gasteiger charge is -2.13. The molecule has 0 amide bonds. The Bertz CT molecular complexity index is 1060. The minimum absolute atomic E-state index is 0.746. The van der Waals surface area contributed by atoms with E-state index < -0.39 is 0 Å². The van der Waals surface area contributed by atoms with Crippen LogP contribution in [-0.2, 0) is 0 Å². The van der Waals surface area contributed by atoms with Crippen LogP contribution in [0.1, 0.15) is 5.56 Å². The van der Waals surface area contributed by atoms with E-state index in [4.69, 9.17) is 9.72 Å². The van der Waals surface area contributed by atoms with Gasteiger partial charge in [-0.3, -0.25) is 0 Å². The standard InChI is InChI=1S/C22H16BrNO/c1-15-7-6-9-17(13-15)22-21(25-20-12-5-3-10-18(20)23)14-16-8-2-4-11-19(16)24-22/h2-14H,1H3. The van der Waals surface area contributed by atoms with Gasteiger partial charge in [0.05, 0.1) is 9.99 Å². The van der Waals surface area contributed by atoms with E-state index in [1.807, 2.05) is 48.5 Å². The van der Waals surface area contributed by atoms with Gasteiger partial charge in [0.2, 0.25) is 0 Å². The average Bonchev–Trinajstić information content (AvgIpc) is 2.63. The van der Waals surface area contributed by atoms with Crippen LogP contribution in [0.4, 0.5) is 0 Å². The number of benzene rings is 3. The Labute approximate surface area is 155 Å². The molecule has 0 bridgehead atoms. The van der Waals surface area contributed by atoms with Gasteiger partial charge in [-0.15, -0.1) is 0 Å². The summed E-state index contributed by atoms with van der Waals surface area (Å²) >= 11 is 3.55. The monoisotopic (exact) mass is 389 g/mol. The van der Waals surface area contributed by atoms with Gasteiger partial charge in [0, 0.05) is 10.9 Å². The van der Waals surface area contributed by atoms with Gasteiger partial charge in [0.15, 0.2) is 5.75 Å². The second-order valence-corrected chi connectivity index (χ2v) is 6.78. The zero-order valence-corrected chi connectivity index (χ0v) is 15.3. The largest absolute Gasteiger partial charge is 0.454 e. The fourth-order valence-corrected chi connectivity index (χ4v) is 3.19. The zero-order chi connectivity index (χ0) is 17.2. The lowest BCUT2D eigenvalue weighted by atomic mass is 10.1. The van der Waals surface area contributed by atoms with Gasteiger partial charge in [-0.25, -0.2) is 4.98 Å². The number of rotatable bonds is 3. The molecule has 0 N–H and O–H groups in total. The molecule has 0 saturated heterocycles. The van der Waals surface area contributed by atoms with Crippen molar-refractivity contribution in [1.29, 1.82) is 0 Å². The third-order valence-electron chi connectivity index (χ3n) is 4.04. The summed E-state index contributed by atoms with van der Waals surface area (Å²) in [7, 11) is 0. The lowest BCUT2D eigenvalue weighted by Crippen LogP contribution is -1.94. The maximum atomic E-state index is 6.23. The molecule has 0 fully saturated rings. The second kappa shape index (κ2) is 6.69. The van der Waals surface area contributed by atoms with Crippen molar-refractivity contribution < 1.29 is 4.74 Å². The van der Waals surface area contributed by atoms with E-state index in [0.29, 0.717) is 0 Å². The molecule has 0 unspecified atom stereocenters. The summed E-state index contributed by atoms with van der Waals surface area (Å²) in [6.45, 7) is 2.08. The molecule has 122 valence electrons. The Hall–Kier alpha value is -2.65. The fraction of sp³-hybridized carbons (Fsp3) is 0.0455. The molecule has 3 aromatic carbocycles. The molecule has 0 aliphatic rings. The normalized spacial score (nSPS) is 10.8. The number of fused-ring (bicyclic) bond motifs is 1. The first-order valence-electron chi connectivity index (χ1n) is 8.10. The van der Waals surface area contributed by atoms with Gasteiger partial charge in [-0.05, 0) is 53.2 Å². The molecule has 2 nitrogen and oxygen atoms in total. The first-order chi connectivity index (χ1) is 12.2. The van der Waals surface area contributed by atoms with E-state index in [9.17, 15) is 0 Å². The molecule has 0 radical (unpaired) electrons. The Kier molecular flexibility index (Phi) is 4.24. The van der Waals surface area contributed by atoms with Crippen molar-refractivity contribution in [3.8, 4) is 22.8 Å². The second-order valence-electron chi connectivity index (χ2n) is 5.93. The average molecular weight is 390 g/mol. The van der Waals surface area contributed by atoms with Crippen molar-refractivity contribution in [2.45, 2.75) is 6.92 Å². The van der Waals surface area contributed by atoms with Crippen molar-refractivity contribution >= 4 is 26.8 Å². The summed E-state index contributed by atoms with van der Waals surface area (Å²) < 4.78 is 7.15. The minimum Gasteiger partial charge on any atom is -0.454 e. The number of hydrogen-bond acceptors (Lipinski definition) is 2. The number of hydrogen-bond donors (Lipinski definition) is 0. The van der Waals surface area contributed by atoms with Crippen molar-refractivity contribution in [2.75, 3.05) is 0 Å². The SMILES string of the molecule is Cc1cccc(-c2nc3ccccc3cc2Oc2ccccc2Br)c1. The van der Waals surface area contributed by atoms with Crippen LogP contribution >= 0.6 is 15.9 Å². The highest BCUT2D eigenvalue weighted by atomic mass is 79.9. The number of halogens is 1. The summed E-state index contributed by atoms with van der Waals surface area (Å²) in [5, 5.41) is 1.06. The molecular formula is C22H16BrNO. The van der Waals surface area contributed by atoms with Gasteiger partial charge >= 0.3 is 0 Å². The van der Waals surface area contributed by atoms with E-state index >= 15 is 0 Å². The van der Waals surface area contributed by atoms with Gasteiger partial charge in [0.25, 0.3) is 0 Å². The molecule has 4 rings (SSSR count). The Balaban J connectivity index is 1.91. The Morgan fingerprint density at radius 3 is 2.44 bits per heavy atom.